The molecule has 1 rings (SSSR count). The number of rotatable bonds is 3. The van der Waals surface area contributed by atoms with E-state index in [9.17, 15) is 17.6 Å². The summed E-state index contributed by atoms with van der Waals surface area (Å²) in [4.78, 5) is 10.4. The maximum atomic E-state index is 13.3. The third kappa shape index (κ3) is 3.13. The molecule has 15 heavy (non-hydrogen) atoms. The molecule has 0 amide bonds. The Hall–Kier alpha value is -1.23. The van der Waals surface area contributed by atoms with Crippen molar-refractivity contribution in [2.45, 2.75) is 18.2 Å². The molecule has 0 aliphatic carbocycles. The maximum absolute atomic E-state index is 13.3. The highest BCUT2D eigenvalue weighted by Gasteiger charge is 2.13. The van der Waals surface area contributed by atoms with Gasteiger partial charge in [-0.3, -0.25) is 4.79 Å². The van der Waals surface area contributed by atoms with Gasteiger partial charge in [0.1, 0.15) is 16.5 Å². The summed E-state index contributed by atoms with van der Waals surface area (Å²) in [5.74, 6) is -0.905. The van der Waals surface area contributed by atoms with Gasteiger partial charge in [0.15, 0.2) is 9.84 Å². The number of ketones is 1. The first-order valence-electron chi connectivity index (χ1n) is 4.28. The number of hydrogen-bond acceptors (Lipinski definition) is 3. The molecule has 0 fully saturated rings. The average Bonchev–Trinajstić information content (AvgIpc) is 1.99. The minimum Gasteiger partial charge on any atom is -0.300 e. The molecule has 0 spiro atoms. The quantitative estimate of drug-likeness (QED) is 0.787. The molecular weight excluding hydrogens is 219 g/mol. The average molecular weight is 230 g/mol. The number of Topliss-reactive ketones (excluding diaryl/α,β-unsaturated/α-hetero) is 1. The normalized spacial score (nSPS) is 11.4. The second-order valence-electron chi connectivity index (χ2n) is 3.42. The van der Waals surface area contributed by atoms with Gasteiger partial charge in [0.2, 0.25) is 0 Å². The molecule has 0 atom stereocenters. The van der Waals surface area contributed by atoms with Gasteiger partial charge in [-0.25, -0.2) is 12.8 Å². The molecule has 1 aromatic rings. The largest absolute Gasteiger partial charge is 0.300 e. The van der Waals surface area contributed by atoms with Gasteiger partial charge in [0, 0.05) is 12.7 Å². The molecule has 0 saturated carbocycles. The monoisotopic (exact) mass is 230 g/mol. The Morgan fingerprint density at radius 1 is 1.40 bits per heavy atom. The third-order valence-electron chi connectivity index (χ3n) is 1.85. The Morgan fingerprint density at radius 3 is 2.40 bits per heavy atom. The molecule has 82 valence electrons. The van der Waals surface area contributed by atoms with Gasteiger partial charge in [0.25, 0.3) is 0 Å². The van der Waals surface area contributed by atoms with Crippen molar-refractivity contribution in [1.82, 2.24) is 0 Å². The number of hydrogen-bond donors (Lipinski definition) is 0. The first kappa shape index (κ1) is 11.8. The molecule has 5 heteroatoms. The molecule has 0 radical (unpaired) electrons. The fraction of sp³-hybridized carbons (Fsp3) is 0.300. The van der Waals surface area contributed by atoms with E-state index in [0.717, 1.165) is 12.3 Å². The van der Waals surface area contributed by atoms with E-state index in [1.807, 2.05) is 0 Å². The van der Waals surface area contributed by atoms with Gasteiger partial charge in [-0.2, -0.15) is 0 Å². The van der Waals surface area contributed by atoms with Crippen molar-refractivity contribution in [2.24, 2.45) is 0 Å². The second kappa shape index (κ2) is 4.10. The van der Waals surface area contributed by atoms with Gasteiger partial charge in [0.05, 0.1) is 0 Å². The molecule has 0 aliphatic rings. The van der Waals surface area contributed by atoms with Crippen molar-refractivity contribution in [3.63, 3.8) is 0 Å². The summed E-state index contributed by atoms with van der Waals surface area (Å²) in [6.07, 6.45) is 1.05. The van der Waals surface area contributed by atoms with Crippen molar-refractivity contribution < 1.29 is 17.6 Å². The van der Waals surface area contributed by atoms with Crippen LogP contribution in [0.15, 0.2) is 23.1 Å². The van der Waals surface area contributed by atoms with Gasteiger partial charge in [-0.15, -0.1) is 0 Å². The first-order chi connectivity index (χ1) is 6.80. The van der Waals surface area contributed by atoms with Crippen molar-refractivity contribution in [2.75, 3.05) is 6.26 Å². The summed E-state index contributed by atoms with van der Waals surface area (Å²) in [5, 5.41) is 0. The van der Waals surface area contributed by atoms with Crippen LogP contribution in [0.4, 0.5) is 4.39 Å². The molecule has 1 aromatic carbocycles. The molecule has 0 aliphatic heterocycles. The fourth-order valence-electron chi connectivity index (χ4n) is 1.24. The predicted molar refractivity (Wildman–Crippen MR) is 53.9 cm³/mol. The third-order valence-corrected chi connectivity index (χ3v) is 2.98. The van der Waals surface area contributed by atoms with Crippen LogP contribution in [0.25, 0.3) is 0 Å². The zero-order chi connectivity index (χ0) is 11.6. The highest BCUT2D eigenvalue weighted by molar-refractivity contribution is 7.90. The Kier molecular flexibility index (Phi) is 3.24. The van der Waals surface area contributed by atoms with Crippen LogP contribution in [0, 0.1) is 5.82 Å². The fourth-order valence-corrected chi connectivity index (χ4v) is 1.97. The van der Waals surface area contributed by atoms with E-state index in [1.54, 1.807) is 0 Å². The predicted octanol–water partition coefficient (Wildman–Crippen LogP) is 1.36. The van der Waals surface area contributed by atoms with Gasteiger partial charge in [-0.1, -0.05) is 6.07 Å². The highest BCUT2D eigenvalue weighted by Crippen LogP contribution is 2.16. The highest BCUT2D eigenvalue weighted by atomic mass is 32.2. The van der Waals surface area contributed by atoms with Gasteiger partial charge in [-0.05, 0) is 24.6 Å². The minimum absolute atomic E-state index is 0.0958. The molecule has 0 bridgehead atoms. The standard InChI is InChI=1S/C10H11FO3S/c1-7(12)5-8-3-4-10(9(11)6-8)15(2,13)14/h3-4,6H,5H2,1-2H3. The van der Waals surface area contributed by atoms with Crippen LogP contribution in [0.1, 0.15) is 12.5 Å². The van der Waals surface area contributed by atoms with Crippen molar-refractivity contribution in [3.05, 3.63) is 29.6 Å². The van der Waals surface area contributed by atoms with E-state index < -0.39 is 15.7 Å². The number of carbonyl (C=O) groups is 1. The summed E-state index contributed by atoms with van der Waals surface area (Å²) < 4.78 is 35.5. The van der Waals surface area contributed by atoms with E-state index in [0.29, 0.717) is 5.56 Å². The molecule has 0 unspecified atom stereocenters. The molecule has 3 nitrogen and oxygen atoms in total. The molecule has 0 saturated heterocycles. The van der Waals surface area contributed by atoms with Crippen LogP contribution >= 0.6 is 0 Å². The maximum Gasteiger partial charge on any atom is 0.178 e. The summed E-state index contributed by atoms with van der Waals surface area (Å²) in [5.41, 5.74) is 0.479. The Balaban J connectivity index is 3.15. The van der Waals surface area contributed by atoms with E-state index in [4.69, 9.17) is 0 Å². The number of benzene rings is 1. The molecular formula is C10H11FO3S. The zero-order valence-electron chi connectivity index (χ0n) is 8.45. The molecule has 0 N–H and O–H groups in total. The zero-order valence-corrected chi connectivity index (χ0v) is 9.27. The summed E-state index contributed by atoms with van der Waals surface area (Å²) in [6, 6.07) is 3.71. The number of sulfone groups is 1. The SMILES string of the molecule is CC(=O)Cc1ccc(S(C)(=O)=O)c(F)c1. The Labute approximate surface area is 87.8 Å². The lowest BCUT2D eigenvalue weighted by atomic mass is 10.1. The van der Waals surface area contributed by atoms with Crippen LogP contribution in [0.3, 0.4) is 0 Å². The summed E-state index contributed by atoms with van der Waals surface area (Å²) in [7, 11) is -3.54. The van der Waals surface area contributed by atoms with E-state index >= 15 is 0 Å². The van der Waals surface area contributed by atoms with Crippen molar-refractivity contribution in [3.8, 4) is 0 Å². The molecule has 0 aromatic heterocycles. The van der Waals surface area contributed by atoms with Crippen LogP contribution in [-0.4, -0.2) is 20.5 Å². The first-order valence-corrected chi connectivity index (χ1v) is 6.18. The Bertz CT molecular complexity index is 491. The number of halogens is 1. The summed E-state index contributed by atoms with van der Waals surface area (Å²) >= 11 is 0. The van der Waals surface area contributed by atoms with Crippen LogP contribution in [0.2, 0.25) is 0 Å². The molecule has 0 heterocycles. The lowest BCUT2D eigenvalue weighted by Crippen LogP contribution is -2.03. The van der Waals surface area contributed by atoms with E-state index in [-0.39, 0.29) is 17.1 Å². The minimum atomic E-state index is -3.54. The summed E-state index contributed by atoms with van der Waals surface area (Å²) in [6.45, 7) is 1.39. The van der Waals surface area contributed by atoms with E-state index in [1.165, 1.54) is 19.1 Å². The van der Waals surface area contributed by atoms with Gasteiger partial charge >= 0.3 is 0 Å². The van der Waals surface area contributed by atoms with Crippen LogP contribution in [0.5, 0.6) is 0 Å². The van der Waals surface area contributed by atoms with E-state index in [2.05, 4.69) is 0 Å². The van der Waals surface area contributed by atoms with Crippen LogP contribution in [-0.2, 0) is 21.1 Å². The number of carbonyl (C=O) groups excluding carboxylic acids is 1. The topological polar surface area (TPSA) is 51.2 Å². The Morgan fingerprint density at radius 2 is 2.00 bits per heavy atom. The lowest BCUT2D eigenvalue weighted by Gasteiger charge is -2.02. The second-order valence-corrected chi connectivity index (χ2v) is 5.40. The van der Waals surface area contributed by atoms with Crippen LogP contribution < -0.4 is 0 Å². The smallest absolute Gasteiger partial charge is 0.178 e. The van der Waals surface area contributed by atoms with Crippen molar-refractivity contribution in [1.29, 1.82) is 0 Å². The lowest BCUT2D eigenvalue weighted by molar-refractivity contribution is -0.116. The van der Waals surface area contributed by atoms with Crippen molar-refractivity contribution >= 4 is 15.6 Å². The van der Waals surface area contributed by atoms with Gasteiger partial charge < -0.3 is 0 Å².